The molecule has 15 heavy (non-hydrogen) atoms. The number of amides is 1. The minimum atomic E-state index is -0.201. The van der Waals surface area contributed by atoms with E-state index in [0.29, 0.717) is 18.7 Å². The van der Waals surface area contributed by atoms with Gasteiger partial charge in [-0.3, -0.25) is 4.90 Å². The lowest BCUT2D eigenvalue weighted by molar-refractivity contribution is 0.101. The normalized spacial score (nSPS) is 22.1. The zero-order valence-electron chi connectivity index (χ0n) is 10.2. The molecule has 4 nitrogen and oxygen atoms in total. The van der Waals surface area contributed by atoms with E-state index in [1.807, 2.05) is 14.0 Å². The summed E-state index contributed by atoms with van der Waals surface area (Å²) >= 11 is 0. The van der Waals surface area contributed by atoms with Gasteiger partial charge in [-0.15, -0.1) is 0 Å². The molecule has 0 saturated carbocycles. The minimum Gasteiger partial charge on any atom is -0.450 e. The fourth-order valence-corrected chi connectivity index (χ4v) is 1.93. The van der Waals surface area contributed by atoms with Crippen LogP contribution in [-0.2, 0) is 4.74 Å². The Morgan fingerprint density at radius 3 is 2.73 bits per heavy atom. The smallest absolute Gasteiger partial charge is 0.409 e. The van der Waals surface area contributed by atoms with Crippen molar-refractivity contribution in [1.29, 1.82) is 0 Å². The molecule has 0 spiro atoms. The van der Waals surface area contributed by atoms with Crippen LogP contribution in [0.1, 0.15) is 27.2 Å². The molecular weight excluding hydrogens is 192 g/mol. The van der Waals surface area contributed by atoms with Crippen LogP contribution in [0.3, 0.4) is 0 Å². The van der Waals surface area contributed by atoms with Crippen LogP contribution in [0.15, 0.2) is 0 Å². The Labute approximate surface area is 92.2 Å². The van der Waals surface area contributed by atoms with Gasteiger partial charge in [0.25, 0.3) is 0 Å². The number of likely N-dealkylation sites (N-methyl/N-ethyl adjacent to an activating group) is 1. The van der Waals surface area contributed by atoms with Crippen LogP contribution in [0.2, 0.25) is 0 Å². The number of carbonyl (C=O) groups is 1. The van der Waals surface area contributed by atoms with Gasteiger partial charge < -0.3 is 9.64 Å². The van der Waals surface area contributed by atoms with Crippen molar-refractivity contribution in [3.8, 4) is 0 Å². The highest BCUT2D eigenvalue weighted by Gasteiger charge is 2.29. The number of hydrogen-bond donors (Lipinski definition) is 0. The molecule has 0 aliphatic carbocycles. The lowest BCUT2D eigenvalue weighted by Gasteiger charge is -2.25. The molecular formula is C11H22N2O2. The van der Waals surface area contributed by atoms with Gasteiger partial charge in [0.1, 0.15) is 0 Å². The number of likely N-dealkylation sites (tertiary alicyclic amines) is 1. The minimum absolute atomic E-state index is 0.201. The molecule has 1 fully saturated rings. The Kier molecular flexibility index (Phi) is 4.39. The fourth-order valence-electron chi connectivity index (χ4n) is 1.93. The van der Waals surface area contributed by atoms with E-state index in [0.717, 1.165) is 19.5 Å². The van der Waals surface area contributed by atoms with Gasteiger partial charge in [0.2, 0.25) is 0 Å². The summed E-state index contributed by atoms with van der Waals surface area (Å²) in [7, 11) is 1.83. The van der Waals surface area contributed by atoms with Crippen molar-refractivity contribution in [2.45, 2.75) is 39.3 Å². The van der Waals surface area contributed by atoms with Crippen molar-refractivity contribution in [3.63, 3.8) is 0 Å². The van der Waals surface area contributed by atoms with Crippen molar-refractivity contribution in [1.82, 2.24) is 9.80 Å². The average Bonchev–Trinajstić information content (AvgIpc) is 2.65. The number of nitrogens with zero attached hydrogens (tertiary/aromatic N) is 2. The topological polar surface area (TPSA) is 32.8 Å². The molecule has 1 unspecified atom stereocenters. The van der Waals surface area contributed by atoms with Gasteiger partial charge in [-0.2, -0.15) is 0 Å². The molecule has 0 N–H and O–H groups in total. The molecule has 1 aliphatic rings. The molecule has 0 bridgehead atoms. The van der Waals surface area contributed by atoms with Crippen molar-refractivity contribution in [2.75, 3.05) is 26.7 Å². The molecule has 1 heterocycles. The Hall–Kier alpha value is -0.770. The van der Waals surface area contributed by atoms with E-state index < -0.39 is 0 Å². The lowest BCUT2D eigenvalue weighted by atomic mass is 10.2. The zero-order chi connectivity index (χ0) is 11.4. The molecule has 0 aromatic rings. The van der Waals surface area contributed by atoms with Crippen LogP contribution >= 0.6 is 0 Å². The highest BCUT2D eigenvalue weighted by molar-refractivity contribution is 5.67. The van der Waals surface area contributed by atoms with E-state index in [1.165, 1.54) is 0 Å². The summed E-state index contributed by atoms with van der Waals surface area (Å²) in [6, 6.07) is 0.872. The van der Waals surface area contributed by atoms with Gasteiger partial charge >= 0.3 is 6.09 Å². The Morgan fingerprint density at radius 1 is 1.60 bits per heavy atom. The monoisotopic (exact) mass is 214 g/mol. The maximum Gasteiger partial charge on any atom is 0.409 e. The summed E-state index contributed by atoms with van der Waals surface area (Å²) in [5.74, 6) is 0. The van der Waals surface area contributed by atoms with Crippen LogP contribution in [-0.4, -0.2) is 54.7 Å². The third kappa shape index (κ3) is 3.09. The van der Waals surface area contributed by atoms with Crippen molar-refractivity contribution in [2.24, 2.45) is 0 Å². The van der Waals surface area contributed by atoms with Gasteiger partial charge in [0.05, 0.1) is 6.61 Å². The maximum absolute atomic E-state index is 11.5. The summed E-state index contributed by atoms with van der Waals surface area (Å²) in [6.07, 6.45) is 0.848. The highest BCUT2D eigenvalue weighted by atomic mass is 16.6. The summed E-state index contributed by atoms with van der Waals surface area (Å²) in [5, 5.41) is 0. The second kappa shape index (κ2) is 5.35. The molecule has 1 rings (SSSR count). The highest BCUT2D eigenvalue weighted by Crippen LogP contribution is 2.17. The zero-order valence-corrected chi connectivity index (χ0v) is 10.2. The number of ether oxygens (including phenoxy) is 1. The first kappa shape index (κ1) is 12.3. The molecule has 1 saturated heterocycles. The maximum atomic E-state index is 11.5. The first-order chi connectivity index (χ1) is 7.06. The van der Waals surface area contributed by atoms with Crippen LogP contribution in [0, 0.1) is 0 Å². The van der Waals surface area contributed by atoms with Crippen LogP contribution in [0.4, 0.5) is 4.79 Å². The molecule has 0 aromatic heterocycles. The molecule has 88 valence electrons. The SMILES string of the molecule is CCOC(=O)N(C)C1CCN(C(C)C)C1. The standard InChI is InChI=1S/C11H22N2O2/c1-5-15-11(14)12(4)10-6-7-13(8-10)9(2)3/h9-10H,5-8H2,1-4H3. The van der Waals surface area contributed by atoms with Crippen molar-refractivity contribution >= 4 is 6.09 Å². The predicted octanol–water partition coefficient (Wildman–Crippen LogP) is 1.56. The van der Waals surface area contributed by atoms with Crippen molar-refractivity contribution < 1.29 is 9.53 Å². The van der Waals surface area contributed by atoms with E-state index in [9.17, 15) is 4.79 Å². The number of rotatable bonds is 3. The molecule has 1 aliphatic heterocycles. The molecule has 1 atom stereocenters. The first-order valence-corrected chi connectivity index (χ1v) is 5.69. The second-order valence-electron chi connectivity index (χ2n) is 4.34. The predicted molar refractivity (Wildman–Crippen MR) is 59.9 cm³/mol. The van der Waals surface area contributed by atoms with Gasteiger partial charge in [-0.1, -0.05) is 0 Å². The third-order valence-electron chi connectivity index (χ3n) is 3.03. The average molecular weight is 214 g/mol. The Morgan fingerprint density at radius 2 is 2.27 bits per heavy atom. The van der Waals surface area contributed by atoms with E-state index in [1.54, 1.807) is 4.90 Å². The Balaban J connectivity index is 2.42. The molecule has 0 aromatic carbocycles. The van der Waals surface area contributed by atoms with E-state index in [4.69, 9.17) is 4.74 Å². The van der Waals surface area contributed by atoms with Gasteiger partial charge in [0, 0.05) is 32.2 Å². The summed E-state index contributed by atoms with van der Waals surface area (Å²) in [4.78, 5) is 15.6. The van der Waals surface area contributed by atoms with E-state index in [2.05, 4.69) is 18.7 Å². The first-order valence-electron chi connectivity index (χ1n) is 5.69. The quantitative estimate of drug-likeness (QED) is 0.714. The third-order valence-corrected chi connectivity index (χ3v) is 3.03. The van der Waals surface area contributed by atoms with E-state index in [-0.39, 0.29) is 6.09 Å². The summed E-state index contributed by atoms with van der Waals surface area (Å²) < 4.78 is 4.98. The van der Waals surface area contributed by atoms with E-state index >= 15 is 0 Å². The van der Waals surface area contributed by atoms with Crippen LogP contribution in [0.25, 0.3) is 0 Å². The Bertz CT molecular complexity index is 219. The lowest BCUT2D eigenvalue weighted by Crippen LogP contribution is -2.40. The van der Waals surface area contributed by atoms with Gasteiger partial charge in [0.15, 0.2) is 0 Å². The second-order valence-corrected chi connectivity index (χ2v) is 4.34. The van der Waals surface area contributed by atoms with Crippen LogP contribution < -0.4 is 0 Å². The van der Waals surface area contributed by atoms with Crippen molar-refractivity contribution in [3.05, 3.63) is 0 Å². The largest absolute Gasteiger partial charge is 0.450 e. The number of hydrogen-bond acceptors (Lipinski definition) is 3. The van der Waals surface area contributed by atoms with Gasteiger partial charge in [-0.05, 0) is 27.2 Å². The summed E-state index contributed by atoms with van der Waals surface area (Å²) in [5.41, 5.74) is 0. The van der Waals surface area contributed by atoms with Gasteiger partial charge in [-0.25, -0.2) is 4.79 Å². The molecule has 4 heteroatoms. The molecule has 1 amide bonds. The van der Waals surface area contributed by atoms with Crippen LogP contribution in [0.5, 0.6) is 0 Å². The fraction of sp³-hybridized carbons (Fsp3) is 0.909. The molecule has 0 radical (unpaired) electrons. The summed E-state index contributed by atoms with van der Waals surface area (Å²) in [6.45, 7) is 8.70. The number of carbonyl (C=O) groups excluding carboxylic acids is 1.